The third-order valence-corrected chi connectivity index (χ3v) is 3.82. The Morgan fingerprint density at radius 1 is 1.58 bits per heavy atom. The van der Waals surface area contributed by atoms with Crippen LogP contribution in [0.4, 0.5) is 0 Å². The summed E-state index contributed by atoms with van der Waals surface area (Å²) in [5, 5.41) is 9.12. The number of hydrogen-bond acceptors (Lipinski definition) is 2. The molecule has 2 aliphatic carbocycles. The van der Waals surface area contributed by atoms with E-state index in [1.165, 1.54) is 0 Å². The van der Waals surface area contributed by atoms with Crippen molar-refractivity contribution in [3.63, 3.8) is 0 Å². The fraction of sp³-hybridized carbons (Fsp3) is 0.889. The Balaban J connectivity index is 2.34. The van der Waals surface area contributed by atoms with Gasteiger partial charge in [0.2, 0.25) is 0 Å². The zero-order chi connectivity index (χ0) is 8.98. The monoisotopic (exact) mass is 169 g/mol. The van der Waals surface area contributed by atoms with Gasteiger partial charge in [-0.1, -0.05) is 6.92 Å². The highest BCUT2D eigenvalue weighted by Gasteiger charge is 2.60. The van der Waals surface area contributed by atoms with Gasteiger partial charge in [0, 0.05) is 5.54 Å². The molecular formula is C9H15NO2. The molecule has 0 heterocycles. The van der Waals surface area contributed by atoms with E-state index in [1.54, 1.807) is 0 Å². The van der Waals surface area contributed by atoms with Crippen molar-refractivity contribution in [2.75, 3.05) is 0 Å². The quantitative estimate of drug-likeness (QED) is 0.615. The van der Waals surface area contributed by atoms with E-state index < -0.39 is 11.4 Å². The summed E-state index contributed by atoms with van der Waals surface area (Å²) >= 11 is 0. The zero-order valence-electron chi connectivity index (χ0n) is 7.34. The van der Waals surface area contributed by atoms with E-state index >= 15 is 0 Å². The van der Waals surface area contributed by atoms with Crippen LogP contribution in [0.25, 0.3) is 0 Å². The molecule has 0 aromatic heterocycles. The Bertz CT molecular complexity index is 241. The van der Waals surface area contributed by atoms with Gasteiger partial charge in [-0.2, -0.15) is 0 Å². The van der Waals surface area contributed by atoms with Crippen molar-refractivity contribution in [1.29, 1.82) is 0 Å². The lowest BCUT2D eigenvalue weighted by Crippen LogP contribution is -2.35. The molecule has 2 rings (SSSR count). The highest BCUT2D eigenvalue weighted by molar-refractivity contribution is 5.76. The van der Waals surface area contributed by atoms with E-state index in [1.807, 2.05) is 6.92 Å². The first kappa shape index (κ1) is 8.05. The van der Waals surface area contributed by atoms with Crippen LogP contribution in [-0.2, 0) is 4.79 Å². The highest BCUT2D eigenvalue weighted by Crippen LogP contribution is 2.58. The Kier molecular flexibility index (Phi) is 1.35. The highest BCUT2D eigenvalue weighted by atomic mass is 16.4. The topological polar surface area (TPSA) is 63.3 Å². The zero-order valence-corrected chi connectivity index (χ0v) is 7.34. The van der Waals surface area contributed by atoms with Crippen molar-refractivity contribution in [3.05, 3.63) is 0 Å². The minimum absolute atomic E-state index is 0.155. The smallest absolute Gasteiger partial charge is 0.309 e. The molecule has 68 valence electrons. The van der Waals surface area contributed by atoms with E-state index in [-0.39, 0.29) is 11.5 Å². The number of rotatable bonds is 1. The first-order valence-corrected chi connectivity index (χ1v) is 4.51. The minimum atomic E-state index is -0.639. The van der Waals surface area contributed by atoms with Crippen molar-refractivity contribution < 1.29 is 9.90 Å². The number of carboxylic acid groups (broad SMARTS) is 1. The Labute approximate surface area is 71.9 Å². The van der Waals surface area contributed by atoms with Crippen LogP contribution in [0.1, 0.15) is 32.6 Å². The predicted molar refractivity (Wildman–Crippen MR) is 44.6 cm³/mol. The molecule has 3 atom stereocenters. The first-order valence-electron chi connectivity index (χ1n) is 4.51. The summed E-state index contributed by atoms with van der Waals surface area (Å²) in [6, 6.07) is 0. The van der Waals surface area contributed by atoms with Crippen molar-refractivity contribution in [2.45, 2.75) is 38.1 Å². The van der Waals surface area contributed by atoms with Crippen molar-refractivity contribution in [2.24, 2.45) is 17.1 Å². The van der Waals surface area contributed by atoms with Crippen LogP contribution in [0, 0.1) is 11.3 Å². The number of carbonyl (C=O) groups is 1. The molecule has 0 aromatic rings. The summed E-state index contributed by atoms with van der Waals surface area (Å²) in [4.78, 5) is 11.1. The first-order chi connectivity index (χ1) is 5.49. The molecule has 0 aliphatic heterocycles. The number of fused-ring (bicyclic) bond motifs is 2. The molecule has 3 nitrogen and oxygen atoms in total. The summed E-state index contributed by atoms with van der Waals surface area (Å²) in [5.74, 6) is -0.381. The second-order valence-corrected chi connectivity index (χ2v) is 4.61. The minimum Gasteiger partial charge on any atom is -0.481 e. The van der Waals surface area contributed by atoms with Gasteiger partial charge in [-0.3, -0.25) is 4.79 Å². The van der Waals surface area contributed by atoms with Crippen molar-refractivity contribution in [1.82, 2.24) is 0 Å². The molecule has 3 unspecified atom stereocenters. The SMILES string of the molecule is CC1CC2(N)CCC1(C(=O)O)C2. The number of hydrogen-bond donors (Lipinski definition) is 2. The maximum absolute atomic E-state index is 11.1. The fourth-order valence-corrected chi connectivity index (χ4v) is 3.07. The lowest BCUT2D eigenvalue weighted by atomic mass is 9.76. The maximum atomic E-state index is 11.1. The van der Waals surface area contributed by atoms with Gasteiger partial charge in [0.05, 0.1) is 5.41 Å². The molecule has 3 heteroatoms. The number of aliphatic carboxylic acids is 1. The average molecular weight is 169 g/mol. The predicted octanol–water partition coefficient (Wildman–Crippen LogP) is 0.979. The molecule has 0 spiro atoms. The number of nitrogens with two attached hydrogens (primary N) is 1. The van der Waals surface area contributed by atoms with E-state index in [0.29, 0.717) is 6.42 Å². The molecule has 0 radical (unpaired) electrons. The van der Waals surface area contributed by atoms with Gasteiger partial charge in [-0.15, -0.1) is 0 Å². The van der Waals surface area contributed by atoms with Gasteiger partial charge in [0.25, 0.3) is 0 Å². The molecule has 2 aliphatic rings. The lowest BCUT2D eigenvalue weighted by Gasteiger charge is -2.29. The van der Waals surface area contributed by atoms with Crippen molar-refractivity contribution >= 4 is 5.97 Å². The fourth-order valence-electron chi connectivity index (χ4n) is 3.07. The molecule has 12 heavy (non-hydrogen) atoms. The summed E-state index contributed by atoms with van der Waals surface area (Å²) < 4.78 is 0. The van der Waals surface area contributed by atoms with Crippen LogP contribution in [0.3, 0.4) is 0 Å². The largest absolute Gasteiger partial charge is 0.481 e. The lowest BCUT2D eigenvalue weighted by molar-refractivity contribution is -0.150. The molecule has 0 aromatic carbocycles. The second kappa shape index (κ2) is 2.02. The van der Waals surface area contributed by atoms with Crippen LogP contribution in [0.5, 0.6) is 0 Å². The average Bonchev–Trinajstić information content (AvgIpc) is 2.39. The standard InChI is InChI=1S/C9H15NO2/c1-6-4-8(10)2-3-9(6,5-8)7(11)12/h6H,2-5,10H2,1H3,(H,11,12). The third-order valence-electron chi connectivity index (χ3n) is 3.82. The normalized spacial score (nSPS) is 51.3. The van der Waals surface area contributed by atoms with Crippen LogP contribution in [-0.4, -0.2) is 16.6 Å². The van der Waals surface area contributed by atoms with Gasteiger partial charge in [-0.05, 0) is 31.6 Å². The maximum Gasteiger partial charge on any atom is 0.309 e. The van der Waals surface area contributed by atoms with E-state index in [2.05, 4.69) is 0 Å². The second-order valence-electron chi connectivity index (χ2n) is 4.61. The van der Waals surface area contributed by atoms with Crippen molar-refractivity contribution in [3.8, 4) is 0 Å². The van der Waals surface area contributed by atoms with Crippen LogP contribution in [0.15, 0.2) is 0 Å². The van der Waals surface area contributed by atoms with Crippen LogP contribution >= 0.6 is 0 Å². The number of carboxylic acids is 1. The summed E-state index contributed by atoms with van der Waals surface area (Å²) in [7, 11) is 0. The molecular weight excluding hydrogens is 154 g/mol. The summed E-state index contributed by atoms with van der Waals surface area (Å²) in [6.07, 6.45) is 3.25. The van der Waals surface area contributed by atoms with Gasteiger partial charge in [0.1, 0.15) is 0 Å². The van der Waals surface area contributed by atoms with Crippen LogP contribution < -0.4 is 5.73 Å². The van der Waals surface area contributed by atoms with Gasteiger partial charge >= 0.3 is 5.97 Å². The molecule has 2 saturated carbocycles. The van der Waals surface area contributed by atoms with Gasteiger partial charge in [0.15, 0.2) is 0 Å². The van der Waals surface area contributed by atoms with E-state index in [9.17, 15) is 4.79 Å². The third kappa shape index (κ3) is 0.774. The van der Waals surface area contributed by atoms with Gasteiger partial charge in [-0.25, -0.2) is 0 Å². The Hall–Kier alpha value is -0.570. The van der Waals surface area contributed by atoms with Gasteiger partial charge < -0.3 is 10.8 Å². The Morgan fingerprint density at radius 2 is 2.25 bits per heavy atom. The molecule has 0 amide bonds. The van der Waals surface area contributed by atoms with E-state index in [0.717, 1.165) is 19.3 Å². The molecule has 0 saturated heterocycles. The Morgan fingerprint density at radius 3 is 2.50 bits per heavy atom. The summed E-state index contributed by atoms with van der Waals surface area (Å²) in [6.45, 7) is 2.02. The van der Waals surface area contributed by atoms with E-state index in [4.69, 9.17) is 10.8 Å². The molecule has 2 bridgehead atoms. The van der Waals surface area contributed by atoms with Crippen LogP contribution in [0.2, 0.25) is 0 Å². The summed E-state index contributed by atoms with van der Waals surface area (Å²) in [5.41, 5.74) is 5.42. The molecule has 2 fully saturated rings. The molecule has 3 N–H and O–H groups in total.